The second-order valence-electron chi connectivity index (χ2n) is 19.2. The number of benzene rings is 8. The van der Waals surface area contributed by atoms with Crippen molar-refractivity contribution in [2.75, 3.05) is 4.90 Å². The van der Waals surface area contributed by atoms with Crippen LogP contribution in [0.3, 0.4) is 0 Å². The van der Waals surface area contributed by atoms with E-state index in [2.05, 4.69) is 213 Å². The van der Waals surface area contributed by atoms with Crippen LogP contribution in [0.4, 0.5) is 17.1 Å². The van der Waals surface area contributed by atoms with Gasteiger partial charge in [0.1, 0.15) is 0 Å². The van der Waals surface area contributed by atoms with Crippen molar-refractivity contribution in [3.8, 4) is 39.1 Å². The lowest BCUT2D eigenvalue weighted by molar-refractivity contribution is 0.443. The Labute approximate surface area is 366 Å². The van der Waals surface area contributed by atoms with Crippen molar-refractivity contribution in [1.82, 2.24) is 4.57 Å². The Balaban J connectivity index is 1.00. The monoisotopic (exact) mass is 800 g/mol. The molecule has 8 aromatic carbocycles. The molecule has 0 atom stereocenters. The van der Waals surface area contributed by atoms with E-state index in [-0.39, 0.29) is 10.8 Å². The van der Waals surface area contributed by atoms with Gasteiger partial charge < -0.3 is 9.47 Å². The highest BCUT2D eigenvalue weighted by molar-refractivity contribution is 6.10. The van der Waals surface area contributed by atoms with Crippen LogP contribution in [0.25, 0.3) is 60.9 Å². The molecule has 0 saturated heterocycles. The van der Waals surface area contributed by atoms with Crippen LogP contribution >= 0.6 is 0 Å². The van der Waals surface area contributed by atoms with Gasteiger partial charge in [-0.15, -0.1) is 0 Å². The van der Waals surface area contributed by atoms with E-state index in [1.165, 1.54) is 132 Å². The van der Waals surface area contributed by atoms with Crippen molar-refractivity contribution in [2.24, 2.45) is 0 Å². The smallest absolute Gasteiger partial charge is 0.0561 e. The van der Waals surface area contributed by atoms with Gasteiger partial charge in [0.2, 0.25) is 0 Å². The molecule has 0 spiro atoms. The Bertz CT molecular complexity index is 3210. The number of anilines is 3. The predicted octanol–water partition coefficient (Wildman–Crippen LogP) is 16.6. The molecular formula is C60H52N2. The van der Waals surface area contributed by atoms with Gasteiger partial charge >= 0.3 is 0 Å². The van der Waals surface area contributed by atoms with E-state index >= 15 is 0 Å². The summed E-state index contributed by atoms with van der Waals surface area (Å²) in [7, 11) is 0. The number of hydrogen-bond donors (Lipinski definition) is 0. The average molecular weight is 801 g/mol. The van der Waals surface area contributed by atoms with Gasteiger partial charge in [0.25, 0.3) is 0 Å². The molecule has 2 nitrogen and oxygen atoms in total. The normalized spacial score (nSPS) is 15.9. The predicted molar refractivity (Wildman–Crippen MR) is 262 cm³/mol. The molecule has 12 rings (SSSR count). The fourth-order valence-corrected chi connectivity index (χ4v) is 11.9. The van der Waals surface area contributed by atoms with E-state index < -0.39 is 0 Å². The second kappa shape index (κ2) is 13.9. The van der Waals surface area contributed by atoms with Gasteiger partial charge in [0.05, 0.1) is 11.0 Å². The Morgan fingerprint density at radius 1 is 0.435 bits per heavy atom. The van der Waals surface area contributed by atoms with Crippen molar-refractivity contribution < 1.29 is 0 Å². The molecule has 0 N–H and O–H groups in total. The second-order valence-corrected chi connectivity index (χ2v) is 19.2. The fraction of sp³-hybridized carbons (Fsp3) is 0.200. The van der Waals surface area contributed by atoms with E-state index in [0.717, 1.165) is 5.69 Å². The third-order valence-corrected chi connectivity index (χ3v) is 15.0. The lowest BCUT2D eigenvalue weighted by Crippen LogP contribution is -2.18. The average Bonchev–Trinajstić information content (AvgIpc) is 3.86. The Morgan fingerprint density at radius 3 is 1.89 bits per heavy atom. The maximum atomic E-state index is 2.50. The zero-order valence-corrected chi connectivity index (χ0v) is 36.3. The summed E-state index contributed by atoms with van der Waals surface area (Å²) in [4.78, 5) is 2.50. The Kier molecular flexibility index (Phi) is 8.35. The van der Waals surface area contributed by atoms with Crippen molar-refractivity contribution in [1.29, 1.82) is 0 Å². The van der Waals surface area contributed by atoms with Crippen molar-refractivity contribution >= 4 is 38.9 Å². The third kappa shape index (κ3) is 5.55. The molecule has 0 radical (unpaired) electrons. The first-order valence-corrected chi connectivity index (χ1v) is 22.8. The van der Waals surface area contributed by atoms with E-state index in [4.69, 9.17) is 0 Å². The fourth-order valence-electron chi connectivity index (χ4n) is 11.9. The standard InChI is InChI=1S/C60H52N2/c1-59(2)53-24-13-11-20-47(53)48-33-28-41(36-54(48)59)46-22-15-23-52-49-34-31-44(37-55(49)60(3,4)58(46)52)61(43-29-26-40(27-30-43)39-16-7-5-8-17-39)45-32-35-51-50-21-12-14-25-56(50)62(57(51)38-45)42-18-9-6-10-19-42/h6,9-15,18-39H,5,7-8,16-17H2,1-4H3. The van der Waals surface area contributed by atoms with Gasteiger partial charge in [-0.1, -0.05) is 162 Å². The van der Waals surface area contributed by atoms with Gasteiger partial charge in [-0.25, -0.2) is 0 Å². The van der Waals surface area contributed by atoms with E-state index in [1.54, 1.807) is 0 Å². The van der Waals surface area contributed by atoms with Crippen LogP contribution in [-0.4, -0.2) is 4.57 Å². The van der Waals surface area contributed by atoms with Crippen LogP contribution in [0, 0.1) is 0 Å². The molecule has 0 bridgehead atoms. The number of hydrogen-bond acceptors (Lipinski definition) is 1. The summed E-state index contributed by atoms with van der Waals surface area (Å²) in [5, 5.41) is 2.53. The molecule has 62 heavy (non-hydrogen) atoms. The molecule has 1 aromatic heterocycles. The molecule has 3 aliphatic carbocycles. The number of aromatic nitrogens is 1. The minimum atomic E-state index is -0.227. The quantitative estimate of drug-likeness (QED) is 0.163. The first kappa shape index (κ1) is 37.1. The van der Waals surface area contributed by atoms with E-state index in [0.29, 0.717) is 5.92 Å². The summed E-state index contributed by atoms with van der Waals surface area (Å²) in [6.45, 7) is 9.64. The highest BCUT2D eigenvalue weighted by Crippen LogP contribution is 2.55. The molecule has 1 saturated carbocycles. The van der Waals surface area contributed by atoms with Gasteiger partial charge in [0.15, 0.2) is 0 Å². The highest BCUT2D eigenvalue weighted by atomic mass is 15.1. The lowest BCUT2D eigenvalue weighted by Gasteiger charge is -2.29. The molecule has 1 fully saturated rings. The maximum absolute atomic E-state index is 2.50. The summed E-state index contributed by atoms with van der Waals surface area (Å²) >= 11 is 0. The van der Waals surface area contributed by atoms with Crippen LogP contribution in [-0.2, 0) is 10.8 Å². The number of para-hydroxylation sites is 2. The van der Waals surface area contributed by atoms with Crippen LogP contribution in [0.15, 0.2) is 176 Å². The largest absolute Gasteiger partial charge is 0.310 e. The lowest BCUT2D eigenvalue weighted by atomic mass is 9.77. The molecule has 1 heterocycles. The SMILES string of the molecule is CC1(C)c2ccccc2-c2ccc(-c3cccc4c3C(C)(C)c3cc(N(c5ccc(C6CCCCC6)cc5)c5ccc6c7ccccc7n(-c7ccccc7)c6c5)ccc3-4)cc21. The molecular weight excluding hydrogens is 749 g/mol. The van der Waals surface area contributed by atoms with Gasteiger partial charge in [0, 0.05) is 44.4 Å². The summed E-state index contributed by atoms with van der Waals surface area (Å²) < 4.78 is 2.43. The summed E-state index contributed by atoms with van der Waals surface area (Å²) in [6.07, 6.45) is 6.63. The minimum absolute atomic E-state index is 0.0518. The van der Waals surface area contributed by atoms with Crippen LogP contribution in [0.1, 0.15) is 93.5 Å². The molecule has 0 aliphatic heterocycles. The van der Waals surface area contributed by atoms with E-state index in [9.17, 15) is 0 Å². The minimum Gasteiger partial charge on any atom is -0.310 e. The Morgan fingerprint density at radius 2 is 1.05 bits per heavy atom. The first-order chi connectivity index (χ1) is 30.3. The summed E-state index contributed by atoms with van der Waals surface area (Å²) in [6, 6.07) is 66.7. The third-order valence-electron chi connectivity index (χ3n) is 15.0. The highest BCUT2D eigenvalue weighted by Gasteiger charge is 2.40. The van der Waals surface area contributed by atoms with Gasteiger partial charge in [-0.05, 0) is 141 Å². The Hall–Kier alpha value is -6.64. The van der Waals surface area contributed by atoms with Crippen molar-refractivity contribution in [3.63, 3.8) is 0 Å². The van der Waals surface area contributed by atoms with Crippen LogP contribution in [0.5, 0.6) is 0 Å². The summed E-state index contributed by atoms with van der Waals surface area (Å²) in [5.74, 6) is 0.657. The number of nitrogens with zero attached hydrogens (tertiary/aromatic N) is 2. The zero-order chi connectivity index (χ0) is 41.7. The van der Waals surface area contributed by atoms with E-state index in [1.807, 2.05) is 0 Å². The molecule has 302 valence electrons. The van der Waals surface area contributed by atoms with Crippen molar-refractivity contribution in [2.45, 2.75) is 76.5 Å². The molecule has 2 heteroatoms. The van der Waals surface area contributed by atoms with Crippen LogP contribution < -0.4 is 4.90 Å². The summed E-state index contributed by atoms with van der Waals surface area (Å²) in [5.41, 5.74) is 21.9. The zero-order valence-electron chi connectivity index (χ0n) is 36.3. The van der Waals surface area contributed by atoms with Gasteiger partial charge in [-0.3, -0.25) is 0 Å². The first-order valence-electron chi connectivity index (χ1n) is 22.8. The number of fused-ring (bicyclic) bond motifs is 9. The van der Waals surface area contributed by atoms with Crippen LogP contribution in [0.2, 0.25) is 0 Å². The number of rotatable bonds is 6. The van der Waals surface area contributed by atoms with Gasteiger partial charge in [-0.2, -0.15) is 0 Å². The molecule has 0 unspecified atom stereocenters. The topological polar surface area (TPSA) is 8.17 Å². The molecule has 3 aliphatic rings. The molecule has 9 aromatic rings. The maximum Gasteiger partial charge on any atom is 0.0561 e. The molecule has 0 amide bonds. The van der Waals surface area contributed by atoms with Crippen molar-refractivity contribution in [3.05, 3.63) is 204 Å².